The Balaban J connectivity index is 1.03. The van der Waals surface area contributed by atoms with Crippen molar-refractivity contribution in [2.75, 3.05) is 14.7 Å². The Hall–Kier alpha value is -8.02. The number of nitrogens with zero attached hydrogens (tertiary/aromatic N) is 3. The Bertz CT molecular complexity index is 4860. The fourth-order valence-electron chi connectivity index (χ4n) is 19.2. The van der Waals surface area contributed by atoms with Gasteiger partial charge in [-0.2, -0.15) is 0 Å². The summed E-state index contributed by atoms with van der Waals surface area (Å²) >= 11 is 0. The van der Waals surface area contributed by atoms with Gasteiger partial charge in [0.05, 0.1) is 17.0 Å². The molecule has 3 heterocycles. The molecule has 0 radical (unpaired) electrons. The quantitative estimate of drug-likeness (QED) is 0.160. The molecule has 0 saturated heterocycles. The summed E-state index contributed by atoms with van der Waals surface area (Å²) < 4.78 is 8.02. The van der Waals surface area contributed by atoms with Crippen LogP contribution in [0.15, 0.2) is 168 Å². The monoisotopic (exact) mass is 1250 g/mol. The maximum absolute atomic E-state index is 8.02. The zero-order chi connectivity index (χ0) is 66.6. The van der Waals surface area contributed by atoms with Crippen LogP contribution in [0.25, 0.3) is 33.2 Å². The molecule has 0 N–H and O–H groups in total. The van der Waals surface area contributed by atoms with Gasteiger partial charge in [0.2, 0.25) is 0 Å². The lowest BCUT2D eigenvalue weighted by molar-refractivity contribution is 0.332. The number of anilines is 9. The number of benzene rings is 9. The molecule has 0 bridgehead atoms. The molecule has 7 aliphatic rings. The van der Waals surface area contributed by atoms with Gasteiger partial charge in [0.1, 0.15) is 5.58 Å². The highest BCUT2D eigenvalue weighted by molar-refractivity contribution is 7.00. The van der Waals surface area contributed by atoms with Crippen molar-refractivity contribution < 1.29 is 4.42 Å². The standard InChI is InChI=1S/C90H96BN3O/c1-82(2,3)53-28-30-54(31-29-53)93-75-51-72-71(86(10,11)41-42-87(72,12)13)50-74(75)91-79-76(93)47-58(92(55-32-35-61-59-24-20-22-26-64(59)89(16,17)67(61)44-55)56-33-36-62-60-25-21-23-27-65(60)90(18,19)68(62)45-56)48-77(79)94(57-34-37-66-69(46-57)84(6,7)39-38-83(66,4)5)80-63-49-70-73(52-78(63)95-81(80)91)88(14,15)43-40-85(70,8)9/h20-37,44-52H,38-43H2,1-19H3. The zero-order valence-corrected chi connectivity index (χ0v) is 60.2. The van der Waals surface area contributed by atoms with Crippen molar-refractivity contribution >= 4 is 85.5 Å². The van der Waals surface area contributed by atoms with Crippen LogP contribution in [0.1, 0.15) is 231 Å². The maximum atomic E-state index is 8.02. The van der Waals surface area contributed by atoms with Gasteiger partial charge in [-0.25, -0.2) is 0 Å². The van der Waals surface area contributed by atoms with E-state index < -0.39 is 0 Å². The summed E-state index contributed by atoms with van der Waals surface area (Å²) in [6, 6.07) is 65.9. The van der Waals surface area contributed by atoms with Gasteiger partial charge in [-0.1, -0.05) is 216 Å². The summed E-state index contributed by atoms with van der Waals surface area (Å²) in [7, 11) is 0. The topological polar surface area (TPSA) is 22.9 Å². The fraction of sp³-hybridized carbons (Fsp3) is 0.378. The number of furan rings is 1. The van der Waals surface area contributed by atoms with Crippen molar-refractivity contribution in [3.63, 3.8) is 0 Å². The highest BCUT2D eigenvalue weighted by atomic mass is 16.3. The Kier molecular flexibility index (Phi) is 12.4. The van der Waals surface area contributed by atoms with Crippen molar-refractivity contribution in [2.45, 2.75) is 219 Å². The lowest BCUT2D eigenvalue weighted by Gasteiger charge is -2.47. The van der Waals surface area contributed by atoms with E-state index in [1.54, 1.807) is 0 Å². The molecule has 0 saturated carbocycles. The van der Waals surface area contributed by atoms with E-state index in [-0.39, 0.29) is 55.4 Å². The number of hydrogen-bond acceptors (Lipinski definition) is 4. The minimum Gasteiger partial charge on any atom is -0.468 e. The highest BCUT2D eigenvalue weighted by Gasteiger charge is 2.51. The van der Waals surface area contributed by atoms with Gasteiger partial charge in [-0.05, 0) is 250 Å². The summed E-state index contributed by atoms with van der Waals surface area (Å²) in [5.74, 6) is 0. The largest absolute Gasteiger partial charge is 0.468 e. The molecule has 0 atom stereocenters. The fourth-order valence-corrected chi connectivity index (χ4v) is 19.2. The third kappa shape index (κ3) is 8.57. The van der Waals surface area contributed by atoms with Crippen LogP contribution in [0.5, 0.6) is 0 Å². The number of fused-ring (bicyclic) bond motifs is 15. The number of hydrogen-bond donors (Lipinski definition) is 0. The third-order valence-electron chi connectivity index (χ3n) is 25.6. The molecule has 4 nitrogen and oxygen atoms in total. The Morgan fingerprint density at radius 1 is 0.368 bits per heavy atom. The predicted octanol–water partition coefficient (Wildman–Crippen LogP) is 22.9. The van der Waals surface area contributed by atoms with Crippen molar-refractivity contribution in [1.82, 2.24) is 0 Å². The minimum absolute atomic E-state index is 0.0134. The molecule has 0 fully saturated rings. The minimum atomic E-state index is -0.239. The van der Waals surface area contributed by atoms with Crippen LogP contribution >= 0.6 is 0 Å². The van der Waals surface area contributed by atoms with Crippen LogP contribution in [0, 0.1) is 0 Å². The second kappa shape index (κ2) is 19.4. The van der Waals surface area contributed by atoms with E-state index in [0.717, 1.165) is 72.5 Å². The summed E-state index contributed by atoms with van der Waals surface area (Å²) in [6.07, 6.45) is 6.77. The van der Waals surface area contributed by atoms with Crippen LogP contribution < -0.4 is 31.3 Å². The average molecular weight is 1250 g/mol. The van der Waals surface area contributed by atoms with E-state index >= 15 is 0 Å². The first-order valence-electron chi connectivity index (χ1n) is 35.8. The molecular weight excluding hydrogens is 1150 g/mol. The molecule has 95 heavy (non-hydrogen) atoms. The Morgan fingerprint density at radius 3 is 1.34 bits per heavy atom. The van der Waals surface area contributed by atoms with E-state index in [1.807, 2.05) is 0 Å². The molecule has 2 aliphatic heterocycles. The van der Waals surface area contributed by atoms with Crippen LogP contribution in [0.2, 0.25) is 0 Å². The van der Waals surface area contributed by atoms with E-state index in [1.165, 1.54) is 128 Å². The van der Waals surface area contributed by atoms with Gasteiger partial charge < -0.3 is 19.1 Å². The summed E-state index contributed by atoms with van der Waals surface area (Å²) in [5.41, 5.74) is 35.2. The molecule has 1 aromatic heterocycles. The first kappa shape index (κ1) is 60.6. The lowest BCUT2D eigenvalue weighted by Crippen LogP contribution is -2.61. The molecular formula is C90H96BN3O. The van der Waals surface area contributed by atoms with Crippen LogP contribution in [0.3, 0.4) is 0 Å². The Morgan fingerprint density at radius 2 is 0.811 bits per heavy atom. The first-order valence-corrected chi connectivity index (χ1v) is 35.8. The normalized spacial score (nSPS) is 19.9. The molecule has 10 aromatic rings. The SMILES string of the molecule is CC(C)(C)c1ccc(N2c3cc4c(cc3B3c5oc6cc7c(cc6c5N(c5ccc6c(c5)C(C)(C)CCC6(C)C)c5cc(N(c6ccc8c(c6)C(C)(C)c6ccccc6-8)c6ccc8c(c6)C(C)(C)c6ccccc6-8)cc2c53)C(C)(C)CCC7(C)C)C(C)(C)CCC4(C)C)cc1. The van der Waals surface area contributed by atoms with Crippen molar-refractivity contribution in [3.8, 4) is 22.3 Å². The third-order valence-corrected chi connectivity index (χ3v) is 25.6. The van der Waals surface area contributed by atoms with E-state index in [4.69, 9.17) is 4.42 Å². The maximum Gasteiger partial charge on any atom is 0.297 e. The lowest BCUT2D eigenvalue weighted by atomic mass is 9.35. The second-order valence-corrected chi connectivity index (χ2v) is 36.1. The van der Waals surface area contributed by atoms with Crippen LogP contribution in [0.4, 0.5) is 51.2 Å². The van der Waals surface area contributed by atoms with Gasteiger partial charge in [0.25, 0.3) is 6.71 Å². The van der Waals surface area contributed by atoms with Crippen LogP contribution in [-0.2, 0) is 48.7 Å². The zero-order valence-electron chi connectivity index (χ0n) is 60.2. The molecule has 5 heteroatoms. The average Bonchev–Trinajstić information content (AvgIpc) is 1.67. The van der Waals surface area contributed by atoms with Crippen LogP contribution in [-0.4, -0.2) is 6.71 Å². The predicted molar refractivity (Wildman–Crippen MR) is 405 cm³/mol. The van der Waals surface area contributed by atoms with E-state index in [9.17, 15) is 0 Å². The highest BCUT2D eigenvalue weighted by Crippen LogP contribution is 2.59. The van der Waals surface area contributed by atoms with Crippen molar-refractivity contribution in [1.29, 1.82) is 0 Å². The summed E-state index contributed by atoms with van der Waals surface area (Å²) in [6.45, 7) is 46.3. The first-order chi connectivity index (χ1) is 44.7. The van der Waals surface area contributed by atoms with Gasteiger partial charge in [-0.3, -0.25) is 0 Å². The molecule has 480 valence electrons. The van der Waals surface area contributed by atoms with Gasteiger partial charge >= 0.3 is 0 Å². The van der Waals surface area contributed by atoms with Gasteiger partial charge in [0, 0.05) is 56.0 Å². The van der Waals surface area contributed by atoms with Gasteiger partial charge in [-0.15, -0.1) is 0 Å². The summed E-state index contributed by atoms with van der Waals surface area (Å²) in [4.78, 5) is 8.04. The van der Waals surface area contributed by atoms with Crippen molar-refractivity contribution in [2.24, 2.45) is 0 Å². The molecule has 9 aromatic carbocycles. The van der Waals surface area contributed by atoms with Crippen molar-refractivity contribution in [3.05, 3.63) is 225 Å². The Labute approximate surface area is 567 Å². The molecule has 17 rings (SSSR count). The summed E-state index contributed by atoms with van der Waals surface area (Å²) in [5, 5.41) is 1.19. The van der Waals surface area contributed by atoms with E-state index in [0.29, 0.717) is 0 Å². The molecule has 0 spiro atoms. The molecule has 0 unspecified atom stereocenters. The van der Waals surface area contributed by atoms with E-state index in [2.05, 4.69) is 310 Å². The molecule has 0 amide bonds. The second-order valence-electron chi connectivity index (χ2n) is 36.1. The number of rotatable bonds is 5. The van der Waals surface area contributed by atoms with Gasteiger partial charge in [0.15, 0.2) is 0 Å². The smallest absolute Gasteiger partial charge is 0.297 e. The molecule has 5 aliphatic carbocycles.